The molecule has 1 aliphatic rings. The fraction of sp³-hybridized carbons (Fsp3) is 0.211. The average Bonchev–Trinajstić information content (AvgIpc) is 2.70. The van der Waals surface area contributed by atoms with Gasteiger partial charge in [-0.2, -0.15) is 0 Å². The maximum Gasteiger partial charge on any atom is 0.283 e. The summed E-state index contributed by atoms with van der Waals surface area (Å²) >= 11 is 0. The Balaban J connectivity index is 1.85. The van der Waals surface area contributed by atoms with Crippen LogP contribution in [0.25, 0.3) is 10.8 Å². The van der Waals surface area contributed by atoms with Crippen molar-refractivity contribution in [3.8, 4) is 0 Å². The summed E-state index contributed by atoms with van der Waals surface area (Å²) in [4.78, 5) is 42.2. The van der Waals surface area contributed by atoms with Gasteiger partial charge < -0.3 is 19.6 Å². The van der Waals surface area contributed by atoms with E-state index in [9.17, 15) is 27.6 Å². The normalized spacial score (nSPS) is 15.9. The van der Waals surface area contributed by atoms with E-state index in [0.717, 1.165) is 24.4 Å². The molecule has 0 fully saturated rings. The van der Waals surface area contributed by atoms with Crippen LogP contribution in [0.3, 0.4) is 0 Å². The number of carbonyl (C=O) groups excluding carboxylic acids is 1. The summed E-state index contributed by atoms with van der Waals surface area (Å²) in [6.45, 7) is 0.0343. The summed E-state index contributed by atoms with van der Waals surface area (Å²) in [5, 5.41) is 0.0914. The molecule has 10 heteroatoms. The minimum atomic E-state index is -1.17. The average molecular weight is 405 g/mol. The lowest BCUT2D eigenvalue weighted by Gasteiger charge is -2.33. The van der Waals surface area contributed by atoms with Crippen molar-refractivity contribution in [1.82, 2.24) is 14.9 Å². The number of rotatable bonds is 2. The van der Waals surface area contributed by atoms with E-state index in [0.29, 0.717) is 11.3 Å². The fourth-order valence-corrected chi connectivity index (χ4v) is 3.47. The van der Waals surface area contributed by atoms with E-state index in [1.54, 1.807) is 0 Å². The Labute approximate surface area is 160 Å². The molecule has 7 nitrogen and oxygen atoms in total. The van der Waals surface area contributed by atoms with Crippen molar-refractivity contribution in [3.05, 3.63) is 79.4 Å². The summed E-state index contributed by atoms with van der Waals surface area (Å²) in [6.07, 6.45) is 1.08. The number of pyridine rings is 2. The van der Waals surface area contributed by atoms with Crippen LogP contribution in [0.4, 0.5) is 13.2 Å². The zero-order valence-electron chi connectivity index (χ0n) is 15.0. The quantitative estimate of drug-likeness (QED) is 0.682. The third-order valence-electron chi connectivity index (χ3n) is 4.93. The number of ether oxygens (including phenoxy) is 1. The van der Waals surface area contributed by atoms with Gasteiger partial charge in [-0.15, -0.1) is 0 Å². The Morgan fingerprint density at radius 2 is 1.76 bits per heavy atom. The van der Waals surface area contributed by atoms with Gasteiger partial charge in [-0.05, 0) is 23.6 Å². The van der Waals surface area contributed by atoms with Gasteiger partial charge in [0.2, 0.25) is 0 Å². The van der Waals surface area contributed by atoms with Crippen LogP contribution in [-0.2, 0) is 11.3 Å². The molecule has 3 aromatic rings. The van der Waals surface area contributed by atoms with Crippen LogP contribution in [0.5, 0.6) is 0 Å². The van der Waals surface area contributed by atoms with Crippen molar-refractivity contribution in [2.45, 2.75) is 12.6 Å². The summed E-state index contributed by atoms with van der Waals surface area (Å²) in [5.41, 5.74) is -0.944. The van der Waals surface area contributed by atoms with Gasteiger partial charge in [0.05, 0.1) is 30.2 Å². The molecule has 4 rings (SSSR count). The lowest BCUT2D eigenvalue weighted by Crippen LogP contribution is -2.38. The molecular weight excluding hydrogens is 391 g/mol. The van der Waals surface area contributed by atoms with Gasteiger partial charge in [0.15, 0.2) is 17.5 Å². The Kier molecular flexibility index (Phi) is 4.50. The van der Waals surface area contributed by atoms with Crippen LogP contribution in [0, 0.1) is 17.5 Å². The van der Waals surface area contributed by atoms with Gasteiger partial charge in [0.25, 0.3) is 17.0 Å². The summed E-state index contributed by atoms with van der Waals surface area (Å²) < 4.78 is 46.6. The van der Waals surface area contributed by atoms with E-state index in [1.165, 1.54) is 11.9 Å². The van der Waals surface area contributed by atoms with Gasteiger partial charge in [-0.1, -0.05) is 0 Å². The molecule has 2 N–H and O–H groups in total. The highest BCUT2D eigenvalue weighted by atomic mass is 19.2. The lowest BCUT2D eigenvalue weighted by molar-refractivity contribution is 0.0335. The number of nitrogens with zero attached hydrogens (tertiary/aromatic N) is 1. The van der Waals surface area contributed by atoms with Crippen LogP contribution < -0.4 is 11.1 Å². The second kappa shape index (κ2) is 6.89. The number of H-pyrrole nitrogens is 2. The number of hydrogen-bond donors (Lipinski definition) is 2. The molecular formula is C19H14F3N3O4. The van der Waals surface area contributed by atoms with Crippen molar-refractivity contribution in [1.29, 1.82) is 0 Å². The van der Waals surface area contributed by atoms with Crippen LogP contribution in [0.1, 0.15) is 27.7 Å². The molecule has 1 aromatic carbocycles. The monoisotopic (exact) mass is 405 g/mol. The molecule has 0 bridgehead atoms. The first kappa shape index (κ1) is 18.9. The van der Waals surface area contributed by atoms with Crippen molar-refractivity contribution < 1.29 is 22.7 Å². The molecule has 1 aliphatic heterocycles. The molecule has 0 spiro atoms. The van der Waals surface area contributed by atoms with Gasteiger partial charge in [0, 0.05) is 24.5 Å². The number of halogens is 3. The highest BCUT2D eigenvalue weighted by Crippen LogP contribution is 2.34. The lowest BCUT2D eigenvalue weighted by atomic mass is 9.95. The number of hydrogen-bond acceptors (Lipinski definition) is 4. The first-order valence-electron chi connectivity index (χ1n) is 8.55. The Bertz CT molecular complexity index is 1270. The topological polar surface area (TPSA) is 95.3 Å². The van der Waals surface area contributed by atoms with E-state index in [4.69, 9.17) is 4.74 Å². The van der Waals surface area contributed by atoms with Gasteiger partial charge in [-0.25, -0.2) is 13.2 Å². The third-order valence-corrected chi connectivity index (χ3v) is 4.93. The van der Waals surface area contributed by atoms with Gasteiger partial charge in [0.1, 0.15) is 0 Å². The van der Waals surface area contributed by atoms with Crippen LogP contribution in [0.15, 0.2) is 34.0 Å². The number of benzene rings is 1. The van der Waals surface area contributed by atoms with Crippen molar-refractivity contribution in [3.63, 3.8) is 0 Å². The number of aromatic nitrogens is 2. The number of fused-ring (bicyclic) bond motifs is 3. The first-order valence-corrected chi connectivity index (χ1v) is 8.55. The summed E-state index contributed by atoms with van der Waals surface area (Å²) in [7, 11) is 1.42. The van der Waals surface area contributed by atoms with Gasteiger partial charge >= 0.3 is 0 Å². The number of likely N-dealkylation sites (N-methyl/N-ethyl adjacent to an activating group) is 1. The smallest absolute Gasteiger partial charge is 0.283 e. The van der Waals surface area contributed by atoms with E-state index < -0.39 is 40.5 Å². The predicted molar refractivity (Wildman–Crippen MR) is 96.0 cm³/mol. The van der Waals surface area contributed by atoms with Crippen molar-refractivity contribution in [2.24, 2.45) is 0 Å². The molecule has 0 radical (unpaired) electrons. The molecule has 0 aliphatic carbocycles. The van der Waals surface area contributed by atoms with Crippen LogP contribution in [0.2, 0.25) is 0 Å². The molecule has 2 aromatic heterocycles. The first-order chi connectivity index (χ1) is 13.8. The zero-order valence-corrected chi connectivity index (χ0v) is 15.0. The van der Waals surface area contributed by atoms with E-state index in [2.05, 4.69) is 9.97 Å². The largest absolute Gasteiger partial charge is 0.373 e. The van der Waals surface area contributed by atoms with Crippen LogP contribution in [-0.4, -0.2) is 34.4 Å². The zero-order chi connectivity index (χ0) is 20.9. The maximum absolute atomic E-state index is 13.9. The molecule has 1 amide bonds. The Morgan fingerprint density at radius 3 is 2.45 bits per heavy atom. The van der Waals surface area contributed by atoms with Crippen molar-refractivity contribution in [2.75, 3.05) is 13.7 Å². The summed E-state index contributed by atoms with van der Waals surface area (Å²) in [5.74, 6) is -4.05. The second-order valence-electron chi connectivity index (χ2n) is 6.67. The number of amides is 1. The van der Waals surface area contributed by atoms with Crippen molar-refractivity contribution >= 4 is 16.7 Å². The van der Waals surface area contributed by atoms with Crippen LogP contribution >= 0.6 is 0 Å². The molecule has 0 saturated carbocycles. The molecule has 0 unspecified atom stereocenters. The third kappa shape index (κ3) is 3.11. The van der Waals surface area contributed by atoms with Gasteiger partial charge in [-0.3, -0.25) is 14.4 Å². The summed E-state index contributed by atoms with van der Waals surface area (Å²) in [6, 6.07) is 1.75. The number of nitrogens with one attached hydrogen (secondary N) is 2. The molecule has 3 heterocycles. The standard InChI is InChI=1S/C19H14F3N3O4/c1-25(19(28)8-2-13(22)18(27)23-5-8)15-7-29-6-14-16(15)9-3-11(20)12(21)4-10(9)17(26)24-14/h2-5,15H,6-7H2,1H3,(H,23,27)(H,24,26)/t15-/m0/s1. The Hall–Kier alpha value is -3.40. The number of aromatic amines is 2. The highest BCUT2D eigenvalue weighted by molar-refractivity contribution is 5.95. The van der Waals surface area contributed by atoms with E-state index in [1.807, 2.05) is 0 Å². The molecule has 150 valence electrons. The number of carbonyl (C=O) groups is 1. The maximum atomic E-state index is 13.9. The molecule has 1 atom stereocenters. The fourth-order valence-electron chi connectivity index (χ4n) is 3.47. The molecule has 29 heavy (non-hydrogen) atoms. The second-order valence-corrected chi connectivity index (χ2v) is 6.67. The van der Waals surface area contributed by atoms with E-state index in [-0.39, 0.29) is 29.5 Å². The van der Waals surface area contributed by atoms with E-state index >= 15 is 0 Å². The highest BCUT2D eigenvalue weighted by Gasteiger charge is 2.31. The Morgan fingerprint density at radius 1 is 1.07 bits per heavy atom. The minimum Gasteiger partial charge on any atom is -0.373 e. The predicted octanol–water partition coefficient (Wildman–Crippen LogP) is 1.98. The SMILES string of the molecule is CN(C(=O)c1c[nH]c(=O)c(F)c1)[C@H]1COCc2[nH]c(=O)c3cc(F)c(F)cc3c21. The molecule has 0 saturated heterocycles. The minimum absolute atomic E-state index is 0.0151.